The highest BCUT2D eigenvalue weighted by atomic mass is 35.5. The van der Waals surface area contributed by atoms with Gasteiger partial charge in [-0.2, -0.15) is 0 Å². The van der Waals surface area contributed by atoms with Crippen LogP contribution in [0.2, 0.25) is 0 Å². The fraction of sp³-hybridized carbons (Fsp3) is 0.636. The van der Waals surface area contributed by atoms with Gasteiger partial charge in [0.05, 0.1) is 13.7 Å². The number of halogens is 1. The summed E-state index contributed by atoms with van der Waals surface area (Å²) in [5, 5.41) is 0. The number of hydrogen-bond acceptors (Lipinski definition) is 2. The maximum absolute atomic E-state index is 12.3. The van der Waals surface area contributed by atoms with Crippen LogP contribution in [0.25, 0.3) is 11.0 Å². The smallest absolute Gasteiger partial charge is 0.348 e. The minimum atomic E-state index is -0.135. The van der Waals surface area contributed by atoms with E-state index >= 15 is 0 Å². The highest BCUT2D eigenvalue weighted by molar-refractivity contribution is 5.76. The predicted molar refractivity (Wildman–Crippen MR) is 106 cm³/mol. The zero-order valence-electron chi connectivity index (χ0n) is 17.2. The molecule has 0 aliphatic rings. The number of unbranched alkanes of at least 4 members (excludes halogenated alkanes) is 7. The maximum atomic E-state index is 12.3. The van der Waals surface area contributed by atoms with Crippen LogP contribution in [0.3, 0.4) is 0 Å². The number of carbonyl (C=O) groups excluding carboxylic acids is 1. The lowest BCUT2D eigenvalue weighted by Crippen LogP contribution is -3.00. The first-order chi connectivity index (χ1) is 12.7. The number of rotatable bonds is 12. The first-order valence-corrected chi connectivity index (χ1v) is 10.3. The van der Waals surface area contributed by atoms with Crippen LogP contribution < -0.4 is 17.0 Å². The van der Waals surface area contributed by atoms with E-state index in [-0.39, 0.29) is 18.4 Å². The standard InChI is InChI=1S/C22H35N2O2.ClH/c1-4-6-7-8-9-10-11-14-17-26-22(25)18-24-20-16-13-12-15-19(20)23(3)21(24)5-2;/h12-13,15-16H,4-11,14,17-18H2,1-3H3;1H/q+1;/p-1. The van der Waals surface area contributed by atoms with Crippen LogP contribution in [-0.4, -0.2) is 17.1 Å². The van der Waals surface area contributed by atoms with Crippen LogP contribution in [0, 0.1) is 0 Å². The maximum Gasteiger partial charge on any atom is 0.348 e. The Bertz CT molecular complexity index is 697. The van der Waals surface area contributed by atoms with Crippen molar-refractivity contribution < 1.29 is 26.5 Å². The highest BCUT2D eigenvalue weighted by Crippen LogP contribution is 2.15. The van der Waals surface area contributed by atoms with E-state index in [2.05, 4.69) is 42.2 Å². The number of esters is 1. The second-order valence-electron chi connectivity index (χ2n) is 7.10. The first kappa shape index (κ1) is 23.5. The van der Waals surface area contributed by atoms with Gasteiger partial charge in [0, 0.05) is 6.42 Å². The summed E-state index contributed by atoms with van der Waals surface area (Å²) in [6.45, 7) is 5.20. The molecule has 0 bridgehead atoms. The molecule has 1 aromatic carbocycles. The van der Waals surface area contributed by atoms with Crippen molar-refractivity contribution in [1.82, 2.24) is 4.57 Å². The van der Waals surface area contributed by atoms with Crippen molar-refractivity contribution in [2.75, 3.05) is 6.61 Å². The number of para-hydroxylation sites is 2. The molecule has 5 heteroatoms. The van der Waals surface area contributed by atoms with Gasteiger partial charge >= 0.3 is 5.97 Å². The molecular formula is C22H35ClN2O2. The van der Waals surface area contributed by atoms with Gasteiger partial charge in [0.25, 0.3) is 5.82 Å². The summed E-state index contributed by atoms with van der Waals surface area (Å²) in [5.74, 6) is 1.01. The summed E-state index contributed by atoms with van der Waals surface area (Å²) in [7, 11) is 2.06. The number of aromatic nitrogens is 2. The van der Waals surface area contributed by atoms with E-state index in [1.807, 2.05) is 12.1 Å². The lowest BCUT2D eigenvalue weighted by Gasteiger charge is -2.05. The van der Waals surface area contributed by atoms with Crippen molar-refractivity contribution in [3.63, 3.8) is 0 Å². The van der Waals surface area contributed by atoms with Gasteiger partial charge in [-0.3, -0.25) is 0 Å². The molecule has 152 valence electrons. The zero-order chi connectivity index (χ0) is 18.8. The van der Waals surface area contributed by atoms with E-state index in [4.69, 9.17) is 4.74 Å². The van der Waals surface area contributed by atoms with Crippen molar-refractivity contribution in [3.8, 4) is 0 Å². The van der Waals surface area contributed by atoms with Gasteiger partial charge in [0.15, 0.2) is 17.6 Å². The molecule has 0 fully saturated rings. The monoisotopic (exact) mass is 394 g/mol. The van der Waals surface area contributed by atoms with Crippen LogP contribution in [-0.2, 0) is 29.5 Å². The van der Waals surface area contributed by atoms with E-state index in [1.54, 1.807) is 0 Å². The number of aryl methyl sites for hydroxylation is 1. The SMILES string of the molecule is CCCCCCCCCCOC(=O)Cn1c(CC)[n+](C)c2ccccc21.[Cl-]. The molecule has 1 heterocycles. The first-order valence-electron chi connectivity index (χ1n) is 10.3. The molecule has 2 rings (SSSR count). The van der Waals surface area contributed by atoms with Crippen molar-refractivity contribution in [2.24, 2.45) is 7.05 Å². The van der Waals surface area contributed by atoms with Crippen LogP contribution >= 0.6 is 0 Å². The summed E-state index contributed by atoms with van der Waals surface area (Å²) >= 11 is 0. The summed E-state index contributed by atoms with van der Waals surface area (Å²) in [6, 6.07) is 8.22. The Labute approximate surface area is 170 Å². The van der Waals surface area contributed by atoms with Gasteiger partial charge < -0.3 is 17.1 Å². The van der Waals surface area contributed by atoms with Crippen molar-refractivity contribution >= 4 is 17.0 Å². The minimum absolute atomic E-state index is 0. The molecule has 4 nitrogen and oxygen atoms in total. The molecule has 0 aliphatic heterocycles. The van der Waals surface area contributed by atoms with E-state index < -0.39 is 0 Å². The number of fused-ring (bicyclic) bond motifs is 1. The highest BCUT2D eigenvalue weighted by Gasteiger charge is 2.23. The third kappa shape index (κ3) is 6.84. The van der Waals surface area contributed by atoms with Crippen LogP contribution in [0.4, 0.5) is 0 Å². The molecule has 0 atom stereocenters. The van der Waals surface area contributed by atoms with Crippen molar-refractivity contribution in [2.45, 2.75) is 78.2 Å². The summed E-state index contributed by atoms with van der Waals surface area (Å²) in [6.07, 6.45) is 10.9. The Kier molecular flexibility index (Phi) is 11.1. The molecule has 2 aromatic rings. The molecule has 0 N–H and O–H groups in total. The molecule has 0 radical (unpaired) electrons. The predicted octanol–water partition coefficient (Wildman–Crippen LogP) is 1.72. The number of carbonyl (C=O) groups is 1. The van der Waals surface area contributed by atoms with Crippen LogP contribution in [0.1, 0.15) is 71.0 Å². The molecule has 0 spiro atoms. The quantitative estimate of drug-likeness (QED) is 0.312. The molecular weight excluding hydrogens is 360 g/mol. The van der Waals surface area contributed by atoms with Crippen LogP contribution in [0.5, 0.6) is 0 Å². The number of nitrogens with zero attached hydrogens (tertiary/aromatic N) is 2. The van der Waals surface area contributed by atoms with E-state index in [1.165, 1.54) is 38.5 Å². The summed E-state index contributed by atoms with van der Waals surface area (Å²) < 4.78 is 9.74. The zero-order valence-corrected chi connectivity index (χ0v) is 17.9. The molecule has 0 amide bonds. The minimum Gasteiger partial charge on any atom is -1.00 e. The largest absolute Gasteiger partial charge is 1.00 e. The van der Waals surface area contributed by atoms with E-state index in [9.17, 15) is 4.79 Å². The van der Waals surface area contributed by atoms with Crippen molar-refractivity contribution in [3.05, 3.63) is 30.1 Å². The van der Waals surface area contributed by atoms with Gasteiger partial charge in [-0.05, 0) is 18.6 Å². The molecule has 1 aromatic heterocycles. The molecule has 0 unspecified atom stereocenters. The third-order valence-corrected chi connectivity index (χ3v) is 5.10. The Morgan fingerprint density at radius 3 is 2.30 bits per heavy atom. The summed E-state index contributed by atoms with van der Waals surface area (Å²) in [5.41, 5.74) is 2.25. The lowest BCUT2D eigenvalue weighted by atomic mass is 10.1. The molecule has 0 saturated carbocycles. The molecule has 0 saturated heterocycles. The van der Waals surface area contributed by atoms with Gasteiger partial charge in [-0.1, -0.05) is 70.9 Å². The average molecular weight is 395 g/mol. The lowest BCUT2D eigenvalue weighted by molar-refractivity contribution is -0.653. The second-order valence-corrected chi connectivity index (χ2v) is 7.10. The van der Waals surface area contributed by atoms with E-state index in [0.29, 0.717) is 13.2 Å². The number of benzene rings is 1. The Morgan fingerprint density at radius 2 is 1.63 bits per heavy atom. The normalized spacial score (nSPS) is 10.8. The average Bonchev–Trinajstić information content (AvgIpc) is 2.92. The number of imidazole rings is 1. The Morgan fingerprint density at radius 1 is 1.00 bits per heavy atom. The summed E-state index contributed by atoms with van der Waals surface area (Å²) in [4.78, 5) is 12.3. The number of ether oxygens (including phenoxy) is 1. The van der Waals surface area contributed by atoms with Gasteiger partial charge in [-0.15, -0.1) is 0 Å². The third-order valence-electron chi connectivity index (χ3n) is 5.10. The molecule has 27 heavy (non-hydrogen) atoms. The topological polar surface area (TPSA) is 35.1 Å². The van der Waals surface area contributed by atoms with Gasteiger partial charge in [-0.25, -0.2) is 13.9 Å². The van der Waals surface area contributed by atoms with Crippen molar-refractivity contribution in [1.29, 1.82) is 0 Å². The fourth-order valence-corrected chi connectivity index (χ4v) is 3.64. The van der Waals surface area contributed by atoms with Gasteiger partial charge in [0.2, 0.25) is 0 Å². The van der Waals surface area contributed by atoms with E-state index in [0.717, 1.165) is 36.1 Å². The number of hydrogen-bond donors (Lipinski definition) is 0. The Balaban J connectivity index is 0.00000364. The Hall–Kier alpha value is -1.55. The fourth-order valence-electron chi connectivity index (χ4n) is 3.64. The van der Waals surface area contributed by atoms with Gasteiger partial charge in [0.1, 0.15) is 0 Å². The second kappa shape index (κ2) is 12.8. The van der Waals surface area contributed by atoms with Crippen LogP contribution in [0.15, 0.2) is 24.3 Å². The molecule has 0 aliphatic carbocycles.